The van der Waals surface area contributed by atoms with Gasteiger partial charge in [-0.25, -0.2) is 21.9 Å². The molecule has 0 aliphatic heterocycles. The molecule has 0 fully saturated rings. The minimum atomic E-state index is -3.37. The van der Waals surface area contributed by atoms with Crippen molar-refractivity contribution in [2.75, 3.05) is 24.7 Å². The molecule has 0 spiro atoms. The fourth-order valence-corrected chi connectivity index (χ4v) is 4.03. The Hall–Kier alpha value is -3.63. The highest BCUT2D eigenvalue weighted by Gasteiger charge is 2.14. The van der Waals surface area contributed by atoms with Gasteiger partial charge in [-0.2, -0.15) is 5.10 Å². The molecule has 34 heavy (non-hydrogen) atoms. The van der Waals surface area contributed by atoms with Crippen molar-refractivity contribution in [3.05, 3.63) is 90.4 Å². The molecular weight excluding hydrogens is 460 g/mol. The average molecular weight is 484 g/mol. The first kappa shape index (κ1) is 23.5. The Balaban J connectivity index is 1.67. The SMILES string of the molecule is CNS(=O)(=O)CCNc1ccc(-c2ccc(F)c(F)c2)cc1-c1ccn(Cc2cccnc2)n1. The van der Waals surface area contributed by atoms with Crippen LogP contribution < -0.4 is 10.0 Å². The Bertz CT molecular complexity index is 1390. The number of sulfonamides is 1. The van der Waals surface area contributed by atoms with E-state index in [2.05, 4.69) is 20.1 Å². The van der Waals surface area contributed by atoms with Gasteiger partial charge in [-0.05, 0) is 60.1 Å². The lowest BCUT2D eigenvalue weighted by atomic mass is 10.00. The van der Waals surface area contributed by atoms with Crippen LogP contribution in [0.5, 0.6) is 0 Å². The summed E-state index contributed by atoms with van der Waals surface area (Å²) in [5, 5.41) is 7.81. The number of hydrogen-bond donors (Lipinski definition) is 2. The number of rotatable bonds is 9. The third-order valence-electron chi connectivity index (χ3n) is 5.25. The molecule has 10 heteroatoms. The Labute approximate surface area is 196 Å². The van der Waals surface area contributed by atoms with Crippen LogP contribution in [0.3, 0.4) is 0 Å². The van der Waals surface area contributed by atoms with E-state index in [-0.39, 0.29) is 12.3 Å². The summed E-state index contributed by atoms with van der Waals surface area (Å²) in [5.41, 5.74) is 4.19. The maximum Gasteiger partial charge on any atom is 0.213 e. The van der Waals surface area contributed by atoms with Crippen LogP contribution in [0.4, 0.5) is 14.5 Å². The van der Waals surface area contributed by atoms with Crippen LogP contribution in [-0.4, -0.2) is 42.5 Å². The van der Waals surface area contributed by atoms with Crippen LogP contribution >= 0.6 is 0 Å². The maximum atomic E-state index is 13.8. The first-order valence-corrected chi connectivity index (χ1v) is 12.2. The van der Waals surface area contributed by atoms with Crippen LogP contribution in [0.2, 0.25) is 0 Å². The summed E-state index contributed by atoms with van der Waals surface area (Å²) in [6.45, 7) is 0.705. The second-order valence-corrected chi connectivity index (χ2v) is 9.64. The van der Waals surface area contributed by atoms with Gasteiger partial charge in [0.25, 0.3) is 0 Å². The predicted octanol–water partition coefficient (Wildman–Crippen LogP) is 3.90. The van der Waals surface area contributed by atoms with E-state index >= 15 is 0 Å². The molecule has 2 heterocycles. The summed E-state index contributed by atoms with van der Waals surface area (Å²) >= 11 is 0. The van der Waals surface area contributed by atoms with E-state index in [4.69, 9.17) is 0 Å². The van der Waals surface area contributed by atoms with Crippen molar-refractivity contribution in [1.82, 2.24) is 19.5 Å². The molecule has 0 amide bonds. The summed E-state index contributed by atoms with van der Waals surface area (Å²) in [6.07, 6.45) is 5.30. The number of nitrogens with zero attached hydrogens (tertiary/aromatic N) is 3. The normalized spacial score (nSPS) is 11.5. The van der Waals surface area contributed by atoms with Crippen molar-refractivity contribution in [1.29, 1.82) is 0 Å². The first-order chi connectivity index (χ1) is 16.3. The first-order valence-electron chi connectivity index (χ1n) is 10.5. The number of halogens is 2. The zero-order chi connectivity index (χ0) is 24.1. The van der Waals surface area contributed by atoms with Gasteiger partial charge in [-0.15, -0.1) is 0 Å². The smallest absolute Gasteiger partial charge is 0.213 e. The molecule has 2 aromatic carbocycles. The van der Waals surface area contributed by atoms with E-state index in [1.54, 1.807) is 29.2 Å². The number of nitrogens with one attached hydrogen (secondary N) is 2. The lowest BCUT2D eigenvalue weighted by Gasteiger charge is -2.13. The molecule has 2 aromatic heterocycles. The molecule has 176 valence electrons. The molecule has 7 nitrogen and oxygen atoms in total. The quantitative estimate of drug-likeness (QED) is 0.377. The molecule has 0 aliphatic carbocycles. The summed E-state index contributed by atoms with van der Waals surface area (Å²) < 4.78 is 54.9. The monoisotopic (exact) mass is 483 g/mol. The van der Waals surface area contributed by atoms with E-state index in [1.165, 1.54) is 13.1 Å². The standard InChI is InChI=1S/C24H23F2N5O2S/c1-27-34(32,33)12-10-29-23-7-5-18(19-4-6-21(25)22(26)14-19)13-20(23)24-8-11-31(30-24)16-17-3-2-9-28-15-17/h2-9,11,13-15,27,29H,10,12,16H2,1H3. The van der Waals surface area contributed by atoms with Gasteiger partial charge < -0.3 is 5.32 Å². The number of pyridine rings is 1. The fraction of sp³-hybridized carbons (Fsp3) is 0.167. The lowest BCUT2D eigenvalue weighted by Crippen LogP contribution is -2.26. The Kier molecular flexibility index (Phi) is 6.99. The van der Waals surface area contributed by atoms with E-state index in [1.807, 2.05) is 30.5 Å². The summed E-state index contributed by atoms with van der Waals surface area (Å²) in [7, 11) is -2.01. The lowest BCUT2D eigenvalue weighted by molar-refractivity contribution is 0.509. The van der Waals surface area contributed by atoms with Gasteiger partial charge in [0.2, 0.25) is 10.0 Å². The second-order valence-electron chi connectivity index (χ2n) is 7.60. The predicted molar refractivity (Wildman–Crippen MR) is 128 cm³/mol. The molecule has 0 unspecified atom stereocenters. The number of anilines is 1. The van der Waals surface area contributed by atoms with Crippen LogP contribution in [-0.2, 0) is 16.6 Å². The van der Waals surface area contributed by atoms with Gasteiger partial charge >= 0.3 is 0 Å². The molecule has 0 atom stereocenters. The van der Waals surface area contributed by atoms with E-state index < -0.39 is 21.7 Å². The van der Waals surface area contributed by atoms with Gasteiger partial charge in [-0.1, -0.05) is 18.2 Å². The zero-order valence-corrected chi connectivity index (χ0v) is 19.2. The van der Waals surface area contributed by atoms with Gasteiger partial charge in [0.1, 0.15) is 0 Å². The van der Waals surface area contributed by atoms with Crippen LogP contribution in [0.1, 0.15) is 5.56 Å². The minimum absolute atomic E-state index is 0.108. The highest BCUT2D eigenvalue weighted by atomic mass is 32.2. The Morgan fingerprint density at radius 2 is 1.79 bits per heavy atom. The van der Waals surface area contributed by atoms with Gasteiger partial charge in [0, 0.05) is 36.4 Å². The minimum Gasteiger partial charge on any atom is -0.383 e. The number of hydrogen-bond acceptors (Lipinski definition) is 5. The fourth-order valence-electron chi connectivity index (χ4n) is 3.46. The molecule has 2 N–H and O–H groups in total. The highest BCUT2D eigenvalue weighted by molar-refractivity contribution is 7.89. The molecule has 0 aliphatic rings. The molecule has 0 bridgehead atoms. The summed E-state index contributed by atoms with van der Waals surface area (Å²) in [4.78, 5) is 4.12. The van der Waals surface area contributed by atoms with Crippen LogP contribution in [0, 0.1) is 11.6 Å². The second kappa shape index (κ2) is 10.1. The largest absolute Gasteiger partial charge is 0.383 e. The molecule has 0 saturated carbocycles. The molecule has 4 aromatic rings. The Morgan fingerprint density at radius 3 is 2.53 bits per heavy atom. The van der Waals surface area contributed by atoms with Crippen LogP contribution in [0.25, 0.3) is 22.4 Å². The summed E-state index contributed by atoms with van der Waals surface area (Å²) in [5.74, 6) is -1.95. The van der Waals surface area contributed by atoms with E-state index in [9.17, 15) is 17.2 Å². The van der Waals surface area contributed by atoms with E-state index in [0.717, 1.165) is 17.7 Å². The van der Waals surface area contributed by atoms with Crippen molar-refractivity contribution < 1.29 is 17.2 Å². The maximum absolute atomic E-state index is 13.8. The molecule has 0 saturated heterocycles. The summed E-state index contributed by atoms with van der Waals surface area (Å²) in [6, 6.07) is 14.7. The van der Waals surface area contributed by atoms with Gasteiger partial charge in [0.15, 0.2) is 11.6 Å². The highest BCUT2D eigenvalue weighted by Crippen LogP contribution is 2.32. The third-order valence-corrected chi connectivity index (χ3v) is 6.62. The third kappa shape index (κ3) is 5.64. The van der Waals surface area contributed by atoms with Crippen molar-refractivity contribution in [2.45, 2.75) is 6.54 Å². The number of aromatic nitrogens is 3. The molecular formula is C24H23F2N5O2S. The molecule has 4 rings (SSSR count). The van der Waals surface area contributed by atoms with Crippen LogP contribution in [0.15, 0.2) is 73.2 Å². The van der Waals surface area contributed by atoms with Gasteiger partial charge in [-0.3, -0.25) is 9.67 Å². The Morgan fingerprint density at radius 1 is 1.00 bits per heavy atom. The number of benzene rings is 2. The molecule has 0 radical (unpaired) electrons. The van der Waals surface area contributed by atoms with Gasteiger partial charge in [0.05, 0.1) is 18.0 Å². The van der Waals surface area contributed by atoms with E-state index in [0.29, 0.717) is 34.6 Å². The average Bonchev–Trinajstić information content (AvgIpc) is 3.30. The van der Waals surface area contributed by atoms with Crippen molar-refractivity contribution in [3.8, 4) is 22.4 Å². The van der Waals surface area contributed by atoms with Crippen molar-refractivity contribution in [2.24, 2.45) is 0 Å². The zero-order valence-electron chi connectivity index (χ0n) is 18.4. The van der Waals surface area contributed by atoms with Crippen molar-refractivity contribution in [3.63, 3.8) is 0 Å². The topological polar surface area (TPSA) is 88.9 Å². The van der Waals surface area contributed by atoms with Crippen molar-refractivity contribution >= 4 is 15.7 Å².